The van der Waals surface area contributed by atoms with Crippen molar-refractivity contribution in [3.8, 4) is 0 Å². The van der Waals surface area contributed by atoms with Gasteiger partial charge in [0.05, 0.1) is 26.4 Å². The standard InChI is InChI=1S/C81H158O17P2/c1-9-74(8)60-52-44-36-27-23-19-14-12-10-11-13-15-21-25-29-39-47-55-63-80(85)97-76(67-91-78(83)61-53-45-37-28-24-20-17-16-18-22-26-33-41-49-57-71(2)3)69-95-99(87,88)93-65-75(82)66-94-100(89,90)96-70-77(98-81(86)64-56-48-40-32-35-43-51-59-73(6)7)68-92-79(84)62-54-46-38-31-30-34-42-50-58-72(4)5/h71-77,82H,9-70H2,1-8H3,(H,87,88)(H,89,90)/t74?,75?,76-,77-/m1/s1. The first kappa shape index (κ1) is 98.1. The molecule has 17 nitrogen and oxygen atoms in total. The van der Waals surface area contributed by atoms with E-state index < -0.39 is 97.5 Å². The second-order valence-corrected chi connectivity index (χ2v) is 33.7. The maximum absolute atomic E-state index is 13.1. The number of phosphoric ester groups is 2. The third kappa shape index (κ3) is 73.0. The Labute approximate surface area is 613 Å². The van der Waals surface area contributed by atoms with E-state index in [1.54, 1.807) is 0 Å². The van der Waals surface area contributed by atoms with Crippen LogP contribution in [0.5, 0.6) is 0 Å². The van der Waals surface area contributed by atoms with Crippen LogP contribution >= 0.6 is 15.6 Å². The molecule has 100 heavy (non-hydrogen) atoms. The van der Waals surface area contributed by atoms with E-state index in [0.29, 0.717) is 31.6 Å². The van der Waals surface area contributed by atoms with Gasteiger partial charge in [-0.05, 0) is 49.4 Å². The highest BCUT2D eigenvalue weighted by molar-refractivity contribution is 7.47. The Morgan fingerprint density at radius 1 is 0.280 bits per heavy atom. The fourth-order valence-electron chi connectivity index (χ4n) is 12.4. The highest BCUT2D eigenvalue weighted by atomic mass is 31.2. The van der Waals surface area contributed by atoms with Crippen LogP contribution in [0.3, 0.4) is 0 Å². The van der Waals surface area contributed by atoms with Crippen LogP contribution in [0.4, 0.5) is 0 Å². The minimum absolute atomic E-state index is 0.103. The normalized spacial score (nSPS) is 14.3. The van der Waals surface area contributed by atoms with Crippen molar-refractivity contribution in [3.05, 3.63) is 0 Å². The molecule has 19 heteroatoms. The summed E-state index contributed by atoms with van der Waals surface area (Å²) in [5, 5.41) is 10.6. The Bertz CT molecular complexity index is 1960. The molecule has 0 bridgehead atoms. The van der Waals surface area contributed by atoms with E-state index in [4.69, 9.17) is 37.0 Å². The van der Waals surface area contributed by atoms with Gasteiger partial charge in [0.2, 0.25) is 0 Å². The fourth-order valence-corrected chi connectivity index (χ4v) is 14.0. The summed E-state index contributed by atoms with van der Waals surface area (Å²) in [5.41, 5.74) is 0. The molecule has 0 aromatic carbocycles. The number of hydrogen-bond acceptors (Lipinski definition) is 15. The van der Waals surface area contributed by atoms with Gasteiger partial charge in [-0.15, -0.1) is 0 Å². The van der Waals surface area contributed by atoms with Crippen LogP contribution in [0, 0.1) is 23.7 Å². The summed E-state index contributed by atoms with van der Waals surface area (Å²) in [7, 11) is -9.92. The van der Waals surface area contributed by atoms with Crippen LogP contribution in [0.15, 0.2) is 0 Å². The van der Waals surface area contributed by atoms with E-state index in [-0.39, 0.29) is 25.7 Å². The van der Waals surface area contributed by atoms with Crippen molar-refractivity contribution < 1.29 is 80.2 Å². The topological polar surface area (TPSA) is 237 Å². The number of esters is 4. The smallest absolute Gasteiger partial charge is 0.462 e. The van der Waals surface area contributed by atoms with Crippen LogP contribution in [0.2, 0.25) is 0 Å². The van der Waals surface area contributed by atoms with Gasteiger partial charge < -0.3 is 33.8 Å². The Kier molecular flexibility index (Phi) is 68.7. The summed E-state index contributed by atoms with van der Waals surface area (Å²) in [6.45, 7) is 14.2. The summed E-state index contributed by atoms with van der Waals surface area (Å²) in [6, 6.07) is 0. The number of rotatable bonds is 78. The van der Waals surface area contributed by atoms with Gasteiger partial charge in [-0.3, -0.25) is 37.3 Å². The van der Waals surface area contributed by atoms with Crippen molar-refractivity contribution in [3.63, 3.8) is 0 Å². The lowest BCUT2D eigenvalue weighted by molar-refractivity contribution is -0.161. The van der Waals surface area contributed by atoms with Crippen LogP contribution in [-0.2, 0) is 65.4 Å². The minimum atomic E-state index is -4.96. The molecular formula is C81H158O17P2. The second-order valence-electron chi connectivity index (χ2n) is 30.8. The molecule has 3 N–H and O–H groups in total. The van der Waals surface area contributed by atoms with Crippen LogP contribution in [0.1, 0.15) is 415 Å². The van der Waals surface area contributed by atoms with Gasteiger partial charge >= 0.3 is 39.5 Å². The Morgan fingerprint density at radius 3 is 0.710 bits per heavy atom. The number of hydrogen-bond donors (Lipinski definition) is 3. The lowest BCUT2D eigenvalue weighted by Crippen LogP contribution is -2.30. The molecule has 594 valence electrons. The van der Waals surface area contributed by atoms with E-state index in [1.165, 1.54) is 218 Å². The van der Waals surface area contributed by atoms with Gasteiger partial charge in [0, 0.05) is 25.7 Å². The maximum atomic E-state index is 13.1. The van der Waals surface area contributed by atoms with Crippen LogP contribution in [0.25, 0.3) is 0 Å². The number of carbonyl (C=O) groups is 4. The van der Waals surface area contributed by atoms with Crippen LogP contribution in [-0.4, -0.2) is 96.7 Å². The average molecular weight is 1470 g/mol. The molecule has 0 spiro atoms. The van der Waals surface area contributed by atoms with E-state index in [9.17, 15) is 43.2 Å². The van der Waals surface area contributed by atoms with Gasteiger partial charge in [0.25, 0.3) is 0 Å². The van der Waals surface area contributed by atoms with Gasteiger partial charge in [-0.25, -0.2) is 9.13 Å². The fraction of sp³-hybridized carbons (Fsp3) is 0.951. The van der Waals surface area contributed by atoms with Crippen molar-refractivity contribution in [1.82, 2.24) is 0 Å². The Morgan fingerprint density at radius 2 is 0.480 bits per heavy atom. The highest BCUT2D eigenvalue weighted by Gasteiger charge is 2.30. The zero-order valence-electron chi connectivity index (χ0n) is 65.8. The van der Waals surface area contributed by atoms with Crippen molar-refractivity contribution in [2.75, 3.05) is 39.6 Å². The van der Waals surface area contributed by atoms with Gasteiger partial charge in [0.1, 0.15) is 19.3 Å². The molecule has 4 unspecified atom stereocenters. The molecule has 0 aliphatic heterocycles. The Balaban J connectivity index is 5.20. The quantitative estimate of drug-likeness (QED) is 0.0222. The molecule has 0 fully saturated rings. The van der Waals surface area contributed by atoms with E-state index in [2.05, 4.69) is 55.4 Å². The molecular weight excluding hydrogens is 1310 g/mol. The molecule has 0 aromatic rings. The zero-order valence-corrected chi connectivity index (χ0v) is 67.6. The molecule has 0 heterocycles. The molecule has 0 radical (unpaired) electrons. The molecule has 6 atom stereocenters. The van der Waals surface area contributed by atoms with E-state index >= 15 is 0 Å². The van der Waals surface area contributed by atoms with Gasteiger partial charge in [-0.2, -0.15) is 0 Å². The monoisotopic (exact) mass is 1470 g/mol. The molecule has 0 aromatic heterocycles. The van der Waals surface area contributed by atoms with Crippen molar-refractivity contribution in [1.29, 1.82) is 0 Å². The molecule has 0 aliphatic carbocycles. The summed E-state index contributed by atoms with van der Waals surface area (Å²) >= 11 is 0. The third-order valence-corrected chi connectivity index (χ3v) is 21.1. The summed E-state index contributed by atoms with van der Waals surface area (Å²) < 4.78 is 68.6. The molecule has 0 amide bonds. The van der Waals surface area contributed by atoms with Crippen LogP contribution < -0.4 is 0 Å². The highest BCUT2D eigenvalue weighted by Crippen LogP contribution is 2.45. The lowest BCUT2D eigenvalue weighted by Gasteiger charge is -2.21. The minimum Gasteiger partial charge on any atom is -0.462 e. The molecule has 0 saturated carbocycles. The average Bonchev–Trinajstić information content (AvgIpc) is 0.918. The second kappa shape index (κ2) is 70.1. The number of unbranched alkanes of at least 4 members (excludes halogenated alkanes) is 43. The van der Waals surface area contributed by atoms with Crippen molar-refractivity contribution >= 4 is 39.5 Å². The first-order valence-electron chi connectivity index (χ1n) is 41.7. The third-order valence-electron chi connectivity index (χ3n) is 19.2. The van der Waals surface area contributed by atoms with E-state index in [1.807, 2.05) is 0 Å². The van der Waals surface area contributed by atoms with Crippen molar-refractivity contribution in [2.24, 2.45) is 23.7 Å². The largest absolute Gasteiger partial charge is 0.472 e. The lowest BCUT2D eigenvalue weighted by atomic mass is 9.99. The number of aliphatic hydroxyl groups excluding tert-OH is 1. The number of ether oxygens (including phenoxy) is 4. The SMILES string of the molecule is CCC(C)CCCCCCCCCCCCCCCCCCCCC(=O)O[C@H](COC(=O)CCCCCCCCCCCCCCCCC(C)C)COP(=O)(O)OCC(O)COP(=O)(O)OC[C@@H](COC(=O)CCCCCCCCCCC(C)C)OC(=O)CCCCCCCCCC(C)C. The summed E-state index contributed by atoms with van der Waals surface area (Å²) in [5.74, 6) is 0.974. The Hall–Kier alpha value is -1.94. The molecule has 0 aliphatic rings. The zero-order chi connectivity index (χ0) is 73.8. The van der Waals surface area contributed by atoms with Gasteiger partial charge in [0.15, 0.2) is 12.2 Å². The number of carbonyl (C=O) groups excluding carboxylic acids is 4. The first-order chi connectivity index (χ1) is 48.1. The van der Waals surface area contributed by atoms with Gasteiger partial charge in [-0.1, -0.05) is 364 Å². The van der Waals surface area contributed by atoms with Crippen molar-refractivity contribution in [2.45, 2.75) is 433 Å². The molecule has 0 rings (SSSR count). The molecule has 0 saturated heterocycles. The number of phosphoric acid groups is 2. The first-order valence-corrected chi connectivity index (χ1v) is 44.7. The summed E-state index contributed by atoms with van der Waals surface area (Å²) in [6.07, 6.45) is 57.1. The van der Waals surface area contributed by atoms with E-state index in [0.717, 1.165) is 108 Å². The maximum Gasteiger partial charge on any atom is 0.472 e. The summed E-state index contributed by atoms with van der Waals surface area (Å²) in [4.78, 5) is 72.9. The predicted molar refractivity (Wildman–Crippen MR) is 409 cm³/mol. The predicted octanol–water partition coefficient (Wildman–Crippen LogP) is 24.0. The number of aliphatic hydroxyl groups is 1.